The molecule has 0 amide bonds. The van der Waals surface area contributed by atoms with Gasteiger partial charge in [0.1, 0.15) is 11.1 Å². The van der Waals surface area contributed by atoms with E-state index in [9.17, 15) is 24.0 Å². The maximum atomic E-state index is 13.5. The van der Waals surface area contributed by atoms with E-state index in [1.807, 2.05) is 6.07 Å². The number of esters is 2. The van der Waals surface area contributed by atoms with E-state index in [1.165, 1.54) is 44.8 Å². The van der Waals surface area contributed by atoms with Gasteiger partial charge in [-0.25, -0.2) is 14.4 Å². The van der Waals surface area contributed by atoms with Crippen molar-refractivity contribution < 1.29 is 32.7 Å². The summed E-state index contributed by atoms with van der Waals surface area (Å²) in [7, 11) is 2.48. The number of ketones is 1. The number of ether oxygens (including phenoxy) is 2. The number of allylic oxidation sites excluding steroid dienone is 1. The lowest BCUT2D eigenvalue weighted by Gasteiger charge is -2.25. The average molecular weight is 605 g/mol. The summed E-state index contributed by atoms with van der Waals surface area (Å²) in [5.74, 6) is -1.62. The number of rotatable bonds is 2. The highest BCUT2D eigenvalue weighted by Gasteiger charge is 2.32. The van der Waals surface area contributed by atoms with E-state index < -0.39 is 17.6 Å². The first-order valence-corrected chi connectivity index (χ1v) is 14.3. The first-order chi connectivity index (χ1) is 22.3. The SMILES string of the molecule is COC(=O)c1cc2c3c4occc(=O)c4cc4cc5c6c(cc7c8cc(=O)oc9c(C(=O)OC)cc1c(c98)c2c7c6c43)C(=O)C=C5. The van der Waals surface area contributed by atoms with Crippen LogP contribution in [0.15, 0.2) is 73.2 Å². The molecule has 9 aromatic rings. The normalized spacial score (nSPS) is 13.3. The lowest BCUT2D eigenvalue weighted by atomic mass is 9.77. The predicted molar refractivity (Wildman–Crippen MR) is 173 cm³/mol. The average Bonchev–Trinajstić information content (AvgIpc) is 3.06. The Balaban J connectivity index is 1.68. The molecule has 7 aromatic carbocycles. The van der Waals surface area contributed by atoms with E-state index in [-0.39, 0.29) is 27.9 Å². The zero-order chi connectivity index (χ0) is 31.3. The number of carbonyl (C=O) groups is 3. The van der Waals surface area contributed by atoms with Gasteiger partial charge in [-0.05, 0) is 74.3 Å². The van der Waals surface area contributed by atoms with Crippen molar-refractivity contribution in [2.45, 2.75) is 0 Å². The van der Waals surface area contributed by atoms with Gasteiger partial charge in [-0.1, -0.05) is 6.08 Å². The van der Waals surface area contributed by atoms with Gasteiger partial charge < -0.3 is 18.3 Å². The van der Waals surface area contributed by atoms with Crippen LogP contribution in [0.5, 0.6) is 0 Å². The maximum absolute atomic E-state index is 13.5. The molecule has 2 heterocycles. The Bertz CT molecular complexity index is 3080. The van der Waals surface area contributed by atoms with Gasteiger partial charge in [0.05, 0.1) is 31.4 Å². The van der Waals surface area contributed by atoms with Crippen molar-refractivity contribution in [2.75, 3.05) is 14.2 Å². The molecule has 0 aliphatic heterocycles. The van der Waals surface area contributed by atoms with Crippen molar-refractivity contribution in [1.82, 2.24) is 0 Å². The van der Waals surface area contributed by atoms with Gasteiger partial charge in [0.25, 0.3) is 0 Å². The molecule has 1 aliphatic carbocycles. The first kappa shape index (κ1) is 25.0. The summed E-state index contributed by atoms with van der Waals surface area (Å²) in [5.41, 5.74) is 0.745. The smallest absolute Gasteiger partial charge is 0.341 e. The van der Waals surface area contributed by atoms with E-state index in [2.05, 4.69) is 0 Å². The highest BCUT2D eigenvalue weighted by atomic mass is 16.5. The molecule has 0 unspecified atom stereocenters. The van der Waals surface area contributed by atoms with Crippen LogP contribution in [0.2, 0.25) is 0 Å². The summed E-state index contributed by atoms with van der Waals surface area (Å²) in [6, 6.07) is 11.4. The van der Waals surface area contributed by atoms with Gasteiger partial charge >= 0.3 is 17.6 Å². The molecule has 2 aromatic heterocycles. The van der Waals surface area contributed by atoms with Crippen LogP contribution in [0.1, 0.15) is 36.6 Å². The Morgan fingerprint density at radius 3 is 2.11 bits per heavy atom. The van der Waals surface area contributed by atoms with E-state index in [1.54, 1.807) is 24.3 Å². The summed E-state index contributed by atoms with van der Waals surface area (Å²) in [5, 5.41) is 8.40. The third-order valence-electron chi connectivity index (χ3n) is 9.57. The number of benzene rings is 7. The van der Waals surface area contributed by atoms with Crippen molar-refractivity contribution in [2.24, 2.45) is 0 Å². The molecule has 0 spiro atoms. The molecule has 0 N–H and O–H groups in total. The molecule has 0 bridgehead atoms. The molecule has 0 atom stereocenters. The summed E-state index contributed by atoms with van der Waals surface area (Å²) < 4.78 is 22.1. The zero-order valence-electron chi connectivity index (χ0n) is 23.9. The highest BCUT2D eigenvalue weighted by Crippen LogP contribution is 2.54. The summed E-state index contributed by atoms with van der Waals surface area (Å²) >= 11 is 0. The molecule has 0 saturated heterocycles. The van der Waals surface area contributed by atoms with Crippen LogP contribution in [-0.2, 0) is 9.47 Å². The molecule has 9 nitrogen and oxygen atoms in total. The van der Waals surface area contributed by atoms with E-state index in [0.29, 0.717) is 59.6 Å². The summed E-state index contributed by atoms with van der Waals surface area (Å²) in [6.07, 6.45) is 4.62. The maximum Gasteiger partial charge on any atom is 0.341 e. The van der Waals surface area contributed by atoms with Crippen molar-refractivity contribution in [3.8, 4) is 0 Å². The molecule has 1 aliphatic rings. The van der Waals surface area contributed by atoms with Gasteiger partial charge in [-0.2, -0.15) is 0 Å². The van der Waals surface area contributed by atoms with Gasteiger partial charge in [0, 0.05) is 55.4 Å². The minimum Gasteiger partial charge on any atom is -0.465 e. The van der Waals surface area contributed by atoms with Gasteiger partial charge in [-0.3, -0.25) is 9.59 Å². The van der Waals surface area contributed by atoms with Gasteiger partial charge in [-0.15, -0.1) is 0 Å². The van der Waals surface area contributed by atoms with Gasteiger partial charge in [0.15, 0.2) is 16.8 Å². The molecule has 46 heavy (non-hydrogen) atoms. The van der Waals surface area contributed by atoms with Gasteiger partial charge in [0.2, 0.25) is 0 Å². The van der Waals surface area contributed by atoms with Crippen LogP contribution < -0.4 is 11.1 Å². The number of fused-ring (bicyclic) bond motifs is 4. The second-order valence-corrected chi connectivity index (χ2v) is 11.6. The molecular formula is C37H16O9. The molecule has 0 fully saturated rings. The molecule has 0 saturated carbocycles. The third-order valence-corrected chi connectivity index (χ3v) is 9.57. The number of methoxy groups -OCH3 is 2. The number of hydrogen-bond acceptors (Lipinski definition) is 9. The van der Waals surface area contributed by atoms with E-state index in [4.69, 9.17) is 18.3 Å². The lowest BCUT2D eigenvalue weighted by molar-refractivity contribution is 0.0591. The topological polar surface area (TPSA) is 130 Å². The van der Waals surface area contributed by atoms with Crippen LogP contribution in [0.3, 0.4) is 0 Å². The Morgan fingerprint density at radius 2 is 1.30 bits per heavy atom. The van der Waals surface area contributed by atoms with Crippen molar-refractivity contribution in [3.05, 3.63) is 97.7 Å². The van der Waals surface area contributed by atoms with Crippen LogP contribution >= 0.6 is 0 Å². The minimum atomic E-state index is -0.764. The number of hydrogen-bond donors (Lipinski definition) is 0. The second-order valence-electron chi connectivity index (χ2n) is 11.6. The summed E-state index contributed by atoms with van der Waals surface area (Å²) in [4.78, 5) is 66.5. The van der Waals surface area contributed by atoms with Crippen LogP contribution in [-0.4, -0.2) is 31.9 Å². The molecular weight excluding hydrogens is 588 g/mol. The molecule has 9 heteroatoms. The zero-order valence-corrected chi connectivity index (χ0v) is 23.9. The Kier molecular flexibility index (Phi) is 4.36. The predicted octanol–water partition coefficient (Wildman–Crippen LogP) is 6.91. The fourth-order valence-corrected chi connectivity index (χ4v) is 7.87. The minimum absolute atomic E-state index is 0.00849. The van der Waals surface area contributed by atoms with Crippen molar-refractivity contribution >= 4 is 110 Å². The lowest BCUT2D eigenvalue weighted by Crippen LogP contribution is -2.10. The van der Waals surface area contributed by atoms with Crippen molar-refractivity contribution in [1.29, 1.82) is 0 Å². The Hall–Kier alpha value is -6.35. The Labute approximate surface area is 254 Å². The monoisotopic (exact) mass is 604 g/mol. The Morgan fingerprint density at radius 1 is 0.609 bits per heavy atom. The van der Waals surface area contributed by atoms with Crippen LogP contribution in [0.25, 0.3) is 92.6 Å². The van der Waals surface area contributed by atoms with Crippen LogP contribution in [0.4, 0.5) is 0 Å². The first-order valence-electron chi connectivity index (χ1n) is 14.3. The largest absolute Gasteiger partial charge is 0.465 e. The third kappa shape index (κ3) is 2.71. The van der Waals surface area contributed by atoms with Crippen LogP contribution in [0, 0.1) is 0 Å². The summed E-state index contributed by atoms with van der Waals surface area (Å²) in [6.45, 7) is 0. The molecule has 218 valence electrons. The molecule has 0 radical (unpaired) electrons. The number of carbonyl (C=O) groups excluding carboxylic acids is 3. The highest BCUT2D eigenvalue weighted by molar-refractivity contribution is 6.51. The fourth-order valence-electron chi connectivity index (χ4n) is 7.87. The van der Waals surface area contributed by atoms with E-state index in [0.717, 1.165) is 32.5 Å². The van der Waals surface area contributed by atoms with Crippen molar-refractivity contribution in [3.63, 3.8) is 0 Å². The van der Waals surface area contributed by atoms with E-state index >= 15 is 0 Å². The second kappa shape index (κ2) is 8.02. The fraction of sp³-hybridized carbons (Fsp3) is 0.0541. The quantitative estimate of drug-likeness (QED) is 0.0894. The standard InChI is InChI=1S/C37H16O9/c1-43-36(41)18-11-21-30-28-16(18)10-22(37(42)44-2)35-31(28)17(12-25(40)46-35)15-9-19-23(38)4-3-13-7-14-8-20-24(39)5-6-45-34(20)32(21)27(14)33(26(13)19)29(15)30/h3-12H,1-2H3. The molecule has 10 rings (SSSR count).